The number of hydrogen-bond acceptors (Lipinski definition) is 6. The first-order valence-electron chi connectivity index (χ1n) is 7.02. The standard InChI is InChI=1S/C15H18ClN5O3/c1-8(14-18-5-4-13(17)21-14)19-15(22)20-10-6-9(16)11(23-2)7-12(10)24-3/h4-8H,1-3H3,(H2,17,18,21)(H2,19,20,22). The van der Waals surface area contributed by atoms with E-state index in [2.05, 4.69) is 20.6 Å². The third kappa shape index (κ3) is 4.17. The van der Waals surface area contributed by atoms with Gasteiger partial charge in [0.05, 0.1) is 31.0 Å². The number of amides is 2. The summed E-state index contributed by atoms with van der Waals surface area (Å²) >= 11 is 6.07. The number of nitrogens with one attached hydrogen (secondary N) is 2. The van der Waals surface area contributed by atoms with Gasteiger partial charge in [0.25, 0.3) is 0 Å². The van der Waals surface area contributed by atoms with E-state index in [0.717, 1.165) is 0 Å². The maximum Gasteiger partial charge on any atom is 0.319 e. The maximum atomic E-state index is 12.2. The Hall–Kier alpha value is -2.74. The molecule has 2 amide bonds. The van der Waals surface area contributed by atoms with Crippen LogP contribution in [0.2, 0.25) is 5.02 Å². The van der Waals surface area contributed by atoms with Crippen LogP contribution in [0.4, 0.5) is 16.3 Å². The molecule has 8 nitrogen and oxygen atoms in total. The number of aromatic nitrogens is 2. The van der Waals surface area contributed by atoms with E-state index in [9.17, 15) is 4.79 Å². The molecule has 1 atom stereocenters. The highest BCUT2D eigenvalue weighted by molar-refractivity contribution is 6.32. The molecule has 0 aliphatic carbocycles. The van der Waals surface area contributed by atoms with Crippen molar-refractivity contribution < 1.29 is 14.3 Å². The second kappa shape index (κ2) is 7.69. The Bertz CT molecular complexity index is 741. The fourth-order valence-electron chi connectivity index (χ4n) is 1.97. The smallest absolute Gasteiger partial charge is 0.319 e. The monoisotopic (exact) mass is 351 g/mol. The molecule has 1 unspecified atom stereocenters. The fraction of sp³-hybridized carbons (Fsp3) is 0.267. The summed E-state index contributed by atoms with van der Waals surface area (Å²) in [6.07, 6.45) is 1.53. The van der Waals surface area contributed by atoms with E-state index in [0.29, 0.717) is 33.9 Å². The molecule has 9 heteroatoms. The summed E-state index contributed by atoms with van der Waals surface area (Å²) in [7, 11) is 2.97. The molecule has 24 heavy (non-hydrogen) atoms. The van der Waals surface area contributed by atoms with Crippen LogP contribution >= 0.6 is 11.6 Å². The third-order valence-corrected chi connectivity index (χ3v) is 3.45. The number of hydrogen-bond donors (Lipinski definition) is 3. The highest BCUT2D eigenvalue weighted by atomic mass is 35.5. The number of rotatable bonds is 5. The summed E-state index contributed by atoms with van der Waals surface area (Å²) in [6.45, 7) is 1.74. The van der Waals surface area contributed by atoms with E-state index in [-0.39, 0.29) is 0 Å². The number of methoxy groups -OCH3 is 2. The van der Waals surface area contributed by atoms with Gasteiger partial charge in [-0.15, -0.1) is 0 Å². The van der Waals surface area contributed by atoms with Crippen molar-refractivity contribution in [1.29, 1.82) is 0 Å². The molecule has 0 bridgehead atoms. The summed E-state index contributed by atoms with van der Waals surface area (Å²) in [5.74, 6) is 1.60. The number of nitrogens with two attached hydrogens (primary N) is 1. The van der Waals surface area contributed by atoms with Crippen LogP contribution in [-0.4, -0.2) is 30.2 Å². The van der Waals surface area contributed by atoms with E-state index >= 15 is 0 Å². The van der Waals surface area contributed by atoms with Crippen molar-refractivity contribution in [3.05, 3.63) is 35.2 Å². The lowest BCUT2D eigenvalue weighted by Crippen LogP contribution is -2.32. The predicted molar refractivity (Wildman–Crippen MR) is 91.6 cm³/mol. The summed E-state index contributed by atoms with van der Waals surface area (Å²) in [4.78, 5) is 20.3. The number of benzene rings is 1. The number of nitrogen functional groups attached to an aromatic ring is 1. The molecule has 0 saturated heterocycles. The van der Waals surface area contributed by atoms with Crippen molar-refractivity contribution in [2.45, 2.75) is 13.0 Å². The number of urea groups is 1. The third-order valence-electron chi connectivity index (χ3n) is 3.15. The van der Waals surface area contributed by atoms with Crippen molar-refractivity contribution in [3.63, 3.8) is 0 Å². The van der Waals surface area contributed by atoms with Crippen LogP contribution in [0.3, 0.4) is 0 Å². The van der Waals surface area contributed by atoms with Crippen LogP contribution in [-0.2, 0) is 0 Å². The van der Waals surface area contributed by atoms with Gasteiger partial charge in [-0.05, 0) is 19.1 Å². The minimum atomic E-state index is -0.465. The zero-order valence-corrected chi connectivity index (χ0v) is 14.2. The summed E-state index contributed by atoms with van der Waals surface area (Å²) < 4.78 is 10.3. The Morgan fingerprint density at radius 1 is 1.29 bits per heavy atom. The Kier molecular flexibility index (Phi) is 5.64. The molecule has 4 N–H and O–H groups in total. The number of anilines is 2. The van der Waals surface area contributed by atoms with Crippen LogP contribution in [0, 0.1) is 0 Å². The molecule has 0 aliphatic heterocycles. The summed E-state index contributed by atoms with van der Waals surface area (Å²) in [5.41, 5.74) is 6.01. The minimum Gasteiger partial charge on any atom is -0.495 e. The molecule has 1 heterocycles. The van der Waals surface area contributed by atoms with Crippen molar-refractivity contribution in [1.82, 2.24) is 15.3 Å². The second-order valence-corrected chi connectivity index (χ2v) is 5.25. The number of nitrogens with zero attached hydrogens (tertiary/aromatic N) is 2. The van der Waals surface area contributed by atoms with Crippen LogP contribution in [0.15, 0.2) is 24.4 Å². The van der Waals surface area contributed by atoms with Gasteiger partial charge in [-0.1, -0.05) is 11.6 Å². The van der Waals surface area contributed by atoms with E-state index in [1.54, 1.807) is 25.1 Å². The lowest BCUT2D eigenvalue weighted by molar-refractivity contribution is 0.248. The Labute approximate surface area is 144 Å². The zero-order valence-electron chi connectivity index (χ0n) is 13.5. The predicted octanol–water partition coefficient (Wildman–Crippen LogP) is 2.61. The van der Waals surface area contributed by atoms with Gasteiger partial charge in [0.2, 0.25) is 0 Å². The lowest BCUT2D eigenvalue weighted by Gasteiger charge is -2.16. The summed E-state index contributed by atoms with van der Waals surface area (Å²) in [6, 6.07) is 3.80. The molecule has 2 rings (SSSR count). The number of carbonyl (C=O) groups excluding carboxylic acids is 1. The molecular weight excluding hydrogens is 334 g/mol. The lowest BCUT2D eigenvalue weighted by atomic mass is 10.2. The van der Waals surface area contributed by atoms with E-state index in [1.807, 2.05) is 0 Å². The second-order valence-electron chi connectivity index (χ2n) is 4.85. The van der Waals surface area contributed by atoms with Crippen molar-refractivity contribution in [2.75, 3.05) is 25.3 Å². The molecule has 0 radical (unpaired) electrons. The molecule has 0 fully saturated rings. The zero-order chi connectivity index (χ0) is 17.7. The Morgan fingerprint density at radius 3 is 2.62 bits per heavy atom. The van der Waals surface area contributed by atoms with E-state index in [1.165, 1.54) is 20.4 Å². The van der Waals surface area contributed by atoms with Gasteiger partial charge in [0.1, 0.15) is 17.3 Å². The van der Waals surface area contributed by atoms with Gasteiger partial charge in [-0.2, -0.15) is 0 Å². The first kappa shape index (κ1) is 17.6. The first-order chi connectivity index (χ1) is 11.4. The average Bonchev–Trinajstić information content (AvgIpc) is 2.55. The molecule has 0 saturated carbocycles. The van der Waals surface area contributed by atoms with Crippen LogP contribution < -0.4 is 25.8 Å². The van der Waals surface area contributed by atoms with Gasteiger partial charge in [-0.25, -0.2) is 14.8 Å². The minimum absolute atomic E-state index is 0.331. The highest BCUT2D eigenvalue weighted by Crippen LogP contribution is 2.35. The average molecular weight is 352 g/mol. The Morgan fingerprint density at radius 2 is 2.00 bits per heavy atom. The number of halogens is 1. The van der Waals surface area contributed by atoms with Crippen molar-refractivity contribution in [3.8, 4) is 11.5 Å². The van der Waals surface area contributed by atoms with Gasteiger partial charge < -0.3 is 25.8 Å². The van der Waals surface area contributed by atoms with Crippen molar-refractivity contribution in [2.24, 2.45) is 0 Å². The SMILES string of the molecule is COc1cc(OC)c(NC(=O)NC(C)c2nccc(N)n2)cc1Cl. The van der Waals surface area contributed by atoms with Gasteiger partial charge in [0, 0.05) is 12.3 Å². The fourth-order valence-corrected chi connectivity index (χ4v) is 2.22. The van der Waals surface area contributed by atoms with Crippen LogP contribution in [0.1, 0.15) is 18.8 Å². The Balaban J connectivity index is 2.11. The van der Waals surface area contributed by atoms with Crippen molar-refractivity contribution >= 4 is 29.1 Å². The topological polar surface area (TPSA) is 111 Å². The molecule has 0 aliphatic rings. The van der Waals surface area contributed by atoms with E-state index in [4.69, 9.17) is 26.8 Å². The molecule has 1 aromatic heterocycles. The molecule has 1 aromatic carbocycles. The number of carbonyl (C=O) groups is 1. The van der Waals surface area contributed by atoms with Crippen LogP contribution in [0.25, 0.3) is 0 Å². The van der Waals surface area contributed by atoms with Crippen LogP contribution in [0.5, 0.6) is 11.5 Å². The largest absolute Gasteiger partial charge is 0.495 e. The van der Waals surface area contributed by atoms with Gasteiger partial charge in [0.15, 0.2) is 5.82 Å². The quantitative estimate of drug-likeness (QED) is 0.763. The summed E-state index contributed by atoms with van der Waals surface area (Å²) in [5, 5.41) is 5.73. The molecule has 2 aromatic rings. The van der Waals surface area contributed by atoms with Gasteiger partial charge in [-0.3, -0.25) is 0 Å². The maximum absolute atomic E-state index is 12.2. The normalized spacial score (nSPS) is 11.5. The van der Waals surface area contributed by atoms with E-state index < -0.39 is 12.1 Å². The molecular formula is C15H18ClN5O3. The number of ether oxygens (including phenoxy) is 2. The van der Waals surface area contributed by atoms with Gasteiger partial charge >= 0.3 is 6.03 Å². The highest BCUT2D eigenvalue weighted by Gasteiger charge is 2.16. The first-order valence-corrected chi connectivity index (χ1v) is 7.39. The molecule has 0 spiro atoms. The molecule has 128 valence electrons.